The first kappa shape index (κ1) is 10.8. The molecule has 0 bridgehead atoms. The molecule has 0 N–H and O–H groups in total. The Morgan fingerprint density at radius 1 is 1.33 bits per heavy atom. The average molecular weight is 235 g/mol. The average Bonchev–Trinajstić information content (AvgIpc) is 2.77. The van der Waals surface area contributed by atoms with Crippen LogP contribution in [0.25, 0.3) is 0 Å². The van der Waals surface area contributed by atoms with Crippen LogP contribution < -0.4 is 4.90 Å². The van der Waals surface area contributed by atoms with Gasteiger partial charge in [-0.25, -0.2) is 0 Å². The van der Waals surface area contributed by atoms with Crippen molar-refractivity contribution in [3.05, 3.63) is 59.4 Å². The summed E-state index contributed by atoms with van der Waals surface area (Å²) in [5.41, 5.74) is 4.20. The molecule has 3 heteroatoms. The zero-order valence-electron chi connectivity index (χ0n) is 10.2. The number of nitrogens with zero attached hydrogens (tertiary/aromatic N) is 3. The van der Waals surface area contributed by atoms with Crippen LogP contribution in [0.1, 0.15) is 22.7 Å². The maximum absolute atomic E-state index is 8.96. The molecule has 0 aliphatic carbocycles. The van der Waals surface area contributed by atoms with Gasteiger partial charge in [-0.2, -0.15) is 5.26 Å². The van der Waals surface area contributed by atoms with Gasteiger partial charge in [0, 0.05) is 37.1 Å². The highest BCUT2D eigenvalue weighted by molar-refractivity contribution is 5.64. The Morgan fingerprint density at radius 2 is 2.22 bits per heavy atom. The molecule has 2 heterocycles. The van der Waals surface area contributed by atoms with Gasteiger partial charge in [0.05, 0.1) is 11.6 Å². The highest BCUT2D eigenvalue weighted by atomic mass is 15.1. The van der Waals surface area contributed by atoms with Crippen molar-refractivity contribution in [1.29, 1.82) is 5.26 Å². The third-order valence-corrected chi connectivity index (χ3v) is 3.45. The van der Waals surface area contributed by atoms with Gasteiger partial charge in [0.2, 0.25) is 0 Å². The molecule has 1 atom stereocenters. The van der Waals surface area contributed by atoms with Crippen molar-refractivity contribution < 1.29 is 0 Å². The number of likely N-dealkylation sites (N-methyl/N-ethyl adjacent to an activating group) is 1. The van der Waals surface area contributed by atoms with Crippen molar-refractivity contribution in [1.82, 2.24) is 4.98 Å². The molecule has 0 spiro atoms. The van der Waals surface area contributed by atoms with Gasteiger partial charge in [-0.3, -0.25) is 4.98 Å². The van der Waals surface area contributed by atoms with E-state index in [1.165, 1.54) is 5.56 Å². The highest BCUT2D eigenvalue weighted by Gasteiger charge is 2.28. The summed E-state index contributed by atoms with van der Waals surface area (Å²) in [5, 5.41) is 8.96. The van der Waals surface area contributed by atoms with E-state index < -0.39 is 0 Å². The van der Waals surface area contributed by atoms with E-state index in [0.717, 1.165) is 17.9 Å². The minimum absolute atomic E-state index is 0.305. The van der Waals surface area contributed by atoms with Gasteiger partial charge in [0.15, 0.2) is 0 Å². The summed E-state index contributed by atoms with van der Waals surface area (Å²) in [6.45, 7) is 0.918. The summed E-state index contributed by atoms with van der Waals surface area (Å²) in [6.07, 6.45) is 1.83. The standard InChI is InChI=1S/C15H13N3/c1-18-10-13(14-4-2-3-7-17-14)12-6-5-11(9-16)8-15(12)18/h2-8,13H,10H2,1H3. The summed E-state index contributed by atoms with van der Waals surface area (Å²) in [5.74, 6) is 0.305. The maximum Gasteiger partial charge on any atom is 0.0992 e. The molecule has 1 aromatic heterocycles. The van der Waals surface area contributed by atoms with Crippen molar-refractivity contribution in [3.63, 3.8) is 0 Å². The van der Waals surface area contributed by atoms with Crippen LogP contribution in [0.5, 0.6) is 0 Å². The molecule has 0 saturated carbocycles. The number of aromatic nitrogens is 1. The lowest BCUT2D eigenvalue weighted by molar-refractivity contribution is 0.807. The van der Waals surface area contributed by atoms with Crippen LogP contribution in [0.4, 0.5) is 5.69 Å². The maximum atomic E-state index is 8.96. The molecule has 88 valence electrons. The quantitative estimate of drug-likeness (QED) is 0.762. The first-order chi connectivity index (χ1) is 8.79. The molecule has 1 aliphatic rings. The lowest BCUT2D eigenvalue weighted by atomic mass is 9.96. The van der Waals surface area contributed by atoms with Crippen molar-refractivity contribution in [3.8, 4) is 6.07 Å². The number of hydrogen-bond acceptors (Lipinski definition) is 3. The zero-order valence-corrected chi connectivity index (χ0v) is 10.2. The second kappa shape index (κ2) is 4.15. The fraction of sp³-hybridized carbons (Fsp3) is 0.200. The van der Waals surface area contributed by atoms with Crippen LogP contribution in [-0.2, 0) is 0 Å². The number of nitriles is 1. The first-order valence-electron chi connectivity index (χ1n) is 5.95. The predicted molar refractivity (Wildman–Crippen MR) is 70.5 cm³/mol. The Morgan fingerprint density at radius 3 is 2.94 bits per heavy atom. The van der Waals surface area contributed by atoms with Crippen molar-refractivity contribution in [2.24, 2.45) is 0 Å². The number of pyridine rings is 1. The summed E-state index contributed by atoms with van der Waals surface area (Å²) < 4.78 is 0. The van der Waals surface area contributed by atoms with Gasteiger partial charge in [-0.1, -0.05) is 12.1 Å². The van der Waals surface area contributed by atoms with Crippen LogP contribution in [0.3, 0.4) is 0 Å². The second-order valence-electron chi connectivity index (χ2n) is 4.57. The van der Waals surface area contributed by atoms with E-state index >= 15 is 0 Å². The van der Waals surface area contributed by atoms with Crippen LogP contribution in [0.15, 0.2) is 42.6 Å². The Balaban J connectivity index is 2.08. The summed E-state index contributed by atoms with van der Waals surface area (Å²) >= 11 is 0. The third-order valence-electron chi connectivity index (χ3n) is 3.45. The van der Waals surface area contributed by atoms with Crippen molar-refractivity contribution >= 4 is 5.69 Å². The fourth-order valence-electron chi connectivity index (χ4n) is 2.54. The fourth-order valence-corrected chi connectivity index (χ4v) is 2.54. The van der Waals surface area contributed by atoms with E-state index in [0.29, 0.717) is 11.5 Å². The van der Waals surface area contributed by atoms with Gasteiger partial charge in [-0.05, 0) is 29.8 Å². The minimum atomic E-state index is 0.305. The van der Waals surface area contributed by atoms with Crippen molar-refractivity contribution in [2.75, 3.05) is 18.5 Å². The highest BCUT2D eigenvalue weighted by Crippen LogP contribution is 2.38. The zero-order chi connectivity index (χ0) is 12.5. The van der Waals surface area contributed by atoms with E-state index in [1.807, 2.05) is 30.5 Å². The monoisotopic (exact) mass is 235 g/mol. The molecule has 1 aromatic carbocycles. The molecular weight excluding hydrogens is 222 g/mol. The van der Waals surface area contributed by atoms with Gasteiger partial charge < -0.3 is 4.90 Å². The van der Waals surface area contributed by atoms with Crippen LogP contribution in [0, 0.1) is 11.3 Å². The van der Waals surface area contributed by atoms with Gasteiger partial charge in [0.1, 0.15) is 0 Å². The van der Waals surface area contributed by atoms with Gasteiger partial charge >= 0.3 is 0 Å². The van der Waals surface area contributed by atoms with Gasteiger partial charge in [-0.15, -0.1) is 0 Å². The predicted octanol–water partition coefficient (Wildman–Crippen LogP) is 2.53. The third kappa shape index (κ3) is 1.63. The van der Waals surface area contributed by atoms with Crippen LogP contribution in [0.2, 0.25) is 0 Å². The molecule has 0 amide bonds. The molecule has 3 nitrogen and oxygen atoms in total. The first-order valence-corrected chi connectivity index (χ1v) is 5.95. The smallest absolute Gasteiger partial charge is 0.0992 e. The number of anilines is 1. The van der Waals surface area contributed by atoms with E-state index in [-0.39, 0.29) is 0 Å². The van der Waals surface area contributed by atoms with Crippen LogP contribution >= 0.6 is 0 Å². The lowest BCUT2D eigenvalue weighted by Gasteiger charge is -2.12. The molecule has 2 aromatic rings. The Bertz CT molecular complexity index is 613. The molecule has 0 saturated heterocycles. The van der Waals surface area contributed by atoms with E-state index in [9.17, 15) is 0 Å². The number of benzene rings is 1. The lowest BCUT2D eigenvalue weighted by Crippen LogP contribution is -2.16. The minimum Gasteiger partial charge on any atom is -0.373 e. The molecule has 1 unspecified atom stereocenters. The van der Waals surface area contributed by atoms with E-state index in [4.69, 9.17) is 5.26 Å². The van der Waals surface area contributed by atoms with Gasteiger partial charge in [0.25, 0.3) is 0 Å². The van der Waals surface area contributed by atoms with Crippen LogP contribution in [-0.4, -0.2) is 18.6 Å². The molecule has 18 heavy (non-hydrogen) atoms. The van der Waals surface area contributed by atoms with Crippen molar-refractivity contribution in [2.45, 2.75) is 5.92 Å². The van der Waals surface area contributed by atoms with E-state index in [1.54, 1.807) is 0 Å². The number of fused-ring (bicyclic) bond motifs is 1. The topological polar surface area (TPSA) is 39.9 Å². The SMILES string of the molecule is CN1CC(c2ccccn2)c2ccc(C#N)cc21. The summed E-state index contributed by atoms with van der Waals surface area (Å²) in [7, 11) is 2.06. The Kier molecular flexibility index (Phi) is 2.49. The Hall–Kier alpha value is -2.34. The largest absolute Gasteiger partial charge is 0.373 e. The second-order valence-corrected chi connectivity index (χ2v) is 4.57. The number of hydrogen-bond donors (Lipinski definition) is 0. The normalized spacial score (nSPS) is 17.3. The summed E-state index contributed by atoms with van der Waals surface area (Å²) in [6, 6.07) is 14.1. The molecule has 0 radical (unpaired) electrons. The van der Waals surface area contributed by atoms with E-state index in [2.05, 4.69) is 35.1 Å². The molecule has 3 rings (SSSR count). The summed E-state index contributed by atoms with van der Waals surface area (Å²) in [4.78, 5) is 6.63. The molecular formula is C15H13N3. The number of rotatable bonds is 1. The Labute approximate surface area is 106 Å². The molecule has 1 aliphatic heterocycles. The molecule has 0 fully saturated rings.